The minimum absolute atomic E-state index is 0.0452. The van der Waals surface area contributed by atoms with Gasteiger partial charge in [0.2, 0.25) is 0 Å². The molecule has 1 fully saturated rings. The molecule has 3 unspecified atom stereocenters. The highest BCUT2D eigenvalue weighted by Gasteiger charge is 2.33. The van der Waals surface area contributed by atoms with Crippen LogP contribution in [-0.4, -0.2) is 55.5 Å². The molecule has 1 aromatic rings. The summed E-state index contributed by atoms with van der Waals surface area (Å²) in [6.07, 6.45) is 5.61. The molecular formula is C25H27N3O5. The Hall–Kier alpha value is -3.40. The maximum Gasteiger partial charge on any atom is 0.160 e. The number of nitriles is 2. The smallest absolute Gasteiger partial charge is 0.160 e. The number of nitrogens with zero attached hydrogens (tertiary/aromatic N) is 3. The fraction of sp³-hybridized carbons (Fsp3) is 0.360. The van der Waals surface area contributed by atoms with Gasteiger partial charge in [0.1, 0.15) is 35.3 Å². The molecule has 0 amide bonds. The normalized spacial score (nSPS) is 22.2. The van der Waals surface area contributed by atoms with Crippen LogP contribution in [0.4, 0.5) is 5.69 Å². The molecule has 0 aliphatic carbocycles. The quantitative estimate of drug-likeness (QED) is 0.582. The van der Waals surface area contributed by atoms with Crippen molar-refractivity contribution in [2.45, 2.75) is 31.8 Å². The first kappa shape index (κ1) is 24.2. The van der Waals surface area contributed by atoms with E-state index in [9.17, 15) is 5.11 Å². The molecule has 0 saturated carbocycles. The monoisotopic (exact) mass is 449 g/mol. The molecule has 3 rings (SSSR count). The first-order valence-corrected chi connectivity index (χ1v) is 10.6. The number of allylic oxidation sites excluding steroid dienone is 6. The number of aliphatic hydroxyl groups excluding tert-OH is 2. The first-order chi connectivity index (χ1) is 15.9. The van der Waals surface area contributed by atoms with Gasteiger partial charge in [0.15, 0.2) is 6.29 Å². The van der Waals surface area contributed by atoms with Crippen molar-refractivity contribution < 1.29 is 24.4 Å². The van der Waals surface area contributed by atoms with E-state index in [1.165, 1.54) is 0 Å². The van der Waals surface area contributed by atoms with E-state index >= 15 is 0 Å². The van der Waals surface area contributed by atoms with Crippen molar-refractivity contribution in [3.63, 3.8) is 0 Å². The lowest BCUT2D eigenvalue weighted by molar-refractivity contribution is -0.141. The molecule has 0 aromatic heterocycles. The van der Waals surface area contributed by atoms with Crippen LogP contribution in [0.1, 0.15) is 18.9 Å². The van der Waals surface area contributed by atoms with Gasteiger partial charge in [-0.1, -0.05) is 18.2 Å². The van der Waals surface area contributed by atoms with Gasteiger partial charge in [-0.3, -0.25) is 0 Å². The van der Waals surface area contributed by atoms with Crippen molar-refractivity contribution in [2.24, 2.45) is 0 Å². The van der Waals surface area contributed by atoms with Crippen LogP contribution < -0.4 is 4.90 Å². The van der Waals surface area contributed by atoms with Gasteiger partial charge < -0.3 is 29.3 Å². The minimum Gasteiger partial charge on any atom is -0.462 e. The molecule has 2 N–H and O–H groups in total. The van der Waals surface area contributed by atoms with Gasteiger partial charge in [-0.25, -0.2) is 0 Å². The molecule has 2 aliphatic heterocycles. The van der Waals surface area contributed by atoms with E-state index in [1.54, 1.807) is 25.2 Å². The zero-order chi connectivity index (χ0) is 23.8. The van der Waals surface area contributed by atoms with Gasteiger partial charge in [-0.05, 0) is 42.8 Å². The first-order valence-electron chi connectivity index (χ1n) is 10.6. The number of benzene rings is 1. The Balaban J connectivity index is 1.54. The Kier molecular flexibility index (Phi) is 8.42. The molecule has 8 heteroatoms. The van der Waals surface area contributed by atoms with E-state index in [2.05, 4.69) is 0 Å². The summed E-state index contributed by atoms with van der Waals surface area (Å²) in [5.74, 6) is 1.16. The van der Waals surface area contributed by atoms with Crippen molar-refractivity contribution in [3.8, 4) is 12.1 Å². The fourth-order valence-corrected chi connectivity index (χ4v) is 3.47. The number of aliphatic hydroxyl groups is 2. The number of anilines is 1. The molecule has 0 radical (unpaired) electrons. The average Bonchev–Trinajstić information content (AvgIpc) is 3.18. The van der Waals surface area contributed by atoms with E-state index in [-0.39, 0.29) is 12.2 Å². The Morgan fingerprint density at radius 2 is 1.94 bits per heavy atom. The Bertz CT molecular complexity index is 1030. The average molecular weight is 450 g/mol. The third kappa shape index (κ3) is 6.55. The second kappa shape index (κ2) is 11.5. The lowest BCUT2D eigenvalue weighted by Gasteiger charge is -2.21. The van der Waals surface area contributed by atoms with Crippen LogP contribution in [-0.2, 0) is 14.2 Å². The number of likely N-dealkylation sites (N-methyl/N-ethyl adjacent to an activating group) is 1. The van der Waals surface area contributed by atoms with Crippen molar-refractivity contribution in [2.75, 3.05) is 31.7 Å². The van der Waals surface area contributed by atoms with E-state index in [4.69, 9.17) is 29.8 Å². The van der Waals surface area contributed by atoms with Gasteiger partial charge in [0.05, 0.1) is 19.3 Å². The Labute approximate surface area is 193 Å². The summed E-state index contributed by atoms with van der Waals surface area (Å²) < 4.78 is 16.8. The number of rotatable bonds is 8. The van der Waals surface area contributed by atoms with E-state index in [1.807, 2.05) is 54.4 Å². The summed E-state index contributed by atoms with van der Waals surface area (Å²) in [5.41, 5.74) is 2.56. The van der Waals surface area contributed by atoms with E-state index < -0.39 is 18.5 Å². The maximum atomic E-state index is 9.75. The SMILES string of the molecule is CC1=CC(=C(C#N)C#N)C=C(C=Cc2ccc(N(C)CCOC3CC(O)C(CO)O3)cc2)O1. The number of ether oxygens (including phenoxy) is 3. The van der Waals surface area contributed by atoms with Crippen LogP contribution in [0.5, 0.6) is 0 Å². The predicted octanol–water partition coefficient (Wildman–Crippen LogP) is 2.78. The molecular weight excluding hydrogens is 422 g/mol. The van der Waals surface area contributed by atoms with Crippen LogP contribution in [0.3, 0.4) is 0 Å². The Morgan fingerprint density at radius 3 is 2.58 bits per heavy atom. The van der Waals surface area contributed by atoms with Crippen LogP contribution in [0.25, 0.3) is 6.08 Å². The van der Waals surface area contributed by atoms with E-state index in [0.29, 0.717) is 36.7 Å². The molecule has 2 aliphatic rings. The molecule has 0 bridgehead atoms. The Morgan fingerprint density at radius 1 is 1.21 bits per heavy atom. The largest absolute Gasteiger partial charge is 0.462 e. The van der Waals surface area contributed by atoms with Crippen molar-refractivity contribution in [1.82, 2.24) is 0 Å². The summed E-state index contributed by atoms with van der Waals surface area (Å²) in [6.45, 7) is 2.61. The standard InChI is InChI=1S/C25H27N3O5/c1-17-11-19(20(14-26)15-27)12-22(32-17)8-5-18-3-6-21(7-4-18)28(2)9-10-31-25-13-23(30)24(16-29)33-25/h3-8,11-12,23-25,29-30H,9-10,13,16H2,1-2H3. The third-order valence-corrected chi connectivity index (χ3v) is 5.32. The molecule has 1 aromatic carbocycles. The van der Waals surface area contributed by atoms with Crippen LogP contribution in [0.15, 0.2) is 65.2 Å². The number of hydrogen-bond donors (Lipinski definition) is 2. The van der Waals surface area contributed by atoms with Gasteiger partial charge in [-0.2, -0.15) is 10.5 Å². The number of hydrogen-bond acceptors (Lipinski definition) is 8. The second-order valence-electron chi connectivity index (χ2n) is 7.76. The van der Waals surface area contributed by atoms with Crippen molar-refractivity contribution in [3.05, 3.63) is 70.7 Å². The molecule has 1 saturated heterocycles. The fourth-order valence-electron chi connectivity index (χ4n) is 3.47. The van der Waals surface area contributed by atoms with Crippen molar-refractivity contribution in [1.29, 1.82) is 10.5 Å². The molecule has 33 heavy (non-hydrogen) atoms. The highest BCUT2D eigenvalue weighted by molar-refractivity contribution is 5.59. The van der Waals surface area contributed by atoms with Gasteiger partial charge in [0, 0.05) is 31.3 Å². The topological polar surface area (TPSA) is 119 Å². The van der Waals surface area contributed by atoms with Gasteiger partial charge >= 0.3 is 0 Å². The minimum atomic E-state index is -0.699. The molecule has 172 valence electrons. The third-order valence-electron chi connectivity index (χ3n) is 5.32. The van der Waals surface area contributed by atoms with Crippen LogP contribution in [0, 0.1) is 22.7 Å². The van der Waals surface area contributed by atoms with E-state index in [0.717, 1.165) is 11.3 Å². The molecule has 3 atom stereocenters. The maximum absolute atomic E-state index is 9.75. The summed E-state index contributed by atoms with van der Waals surface area (Å²) in [6, 6.07) is 11.7. The second-order valence-corrected chi connectivity index (χ2v) is 7.76. The van der Waals surface area contributed by atoms with Gasteiger partial charge in [0.25, 0.3) is 0 Å². The van der Waals surface area contributed by atoms with Crippen molar-refractivity contribution >= 4 is 11.8 Å². The summed E-state index contributed by atoms with van der Waals surface area (Å²) in [5, 5.41) is 37.0. The summed E-state index contributed by atoms with van der Waals surface area (Å²) >= 11 is 0. The summed E-state index contributed by atoms with van der Waals surface area (Å²) in [4.78, 5) is 2.05. The molecule has 0 spiro atoms. The molecule has 8 nitrogen and oxygen atoms in total. The molecule has 2 heterocycles. The van der Waals surface area contributed by atoms with Crippen LogP contribution in [0.2, 0.25) is 0 Å². The summed E-state index contributed by atoms with van der Waals surface area (Å²) in [7, 11) is 1.96. The van der Waals surface area contributed by atoms with Crippen LogP contribution >= 0.6 is 0 Å². The zero-order valence-electron chi connectivity index (χ0n) is 18.6. The lowest BCUT2D eigenvalue weighted by atomic mass is 10.1. The van der Waals surface area contributed by atoms with Gasteiger partial charge in [-0.15, -0.1) is 0 Å². The zero-order valence-corrected chi connectivity index (χ0v) is 18.6. The predicted molar refractivity (Wildman–Crippen MR) is 122 cm³/mol. The lowest BCUT2D eigenvalue weighted by Crippen LogP contribution is -2.26. The highest BCUT2D eigenvalue weighted by atomic mass is 16.7. The highest BCUT2D eigenvalue weighted by Crippen LogP contribution is 2.24.